The van der Waals surface area contributed by atoms with Gasteiger partial charge in [-0.1, -0.05) is 5.16 Å². The third kappa shape index (κ3) is 4.15. The Morgan fingerprint density at radius 2 is 2.11 bits per heavy atom. The van der Waals surface area contributed by atoms with E-state index in [1.807, 2.05) is 0 Å². The Labute approximate surface area is 157 Å². The van der Waals surface area contributed by atoms with Crippen molar-refractivity contribution in [2.75, 3.05) is 13.1 Å². The van der Waals surface area contributed by atoms with Crippen LogP contribution in [0.25, 0.3) is 10.6 Å². The number of carbonyl (C=O) groups is 2. The third-order valence-corrected chi connectivity index (χ3v) is 5.43. The first kappa shape index (κ1) is 19.4. The lowest BCUT2D eigenvalue weighted by Crippen LogP contribution is -2.49. The summed E-state index contributed by atoms with van der Waals surface area (Å²) in [5.74, 6) is -1.49. The summed E-state index contributed by atoms with van der Waals surface area (Å²) in [5, 5.41) is 6.34. The first-order chi connectivity index (χ1) is 12.7. The Morgan fingerprint density at radius 1 is 1.37 bits per heavy atom. The van der Waals surface area contributed by atoms with Gasteiger partial charge < -0.3 is 14.7 Å². The van der Waals surface area contributed by atoms with E-state index >= 15 is 0 Å². The summed E-state index contributed by atoms with van der Waals surface area (Å²) in [6.45, 7) is 3.70. The zero-order valence-corrected chi connectivity index (χ0v) is 15.5. The number of hydrogen-bond donors (Lipinski definition) is 1. The monoisotopic (exact) mass is 401 g/mol. The zero-order chi connectivity index (χ0) is 19.8. The van der Waals surface area contributed by atoms with Gasteiger partial charge in [0.1, 0.15) is 5.69 Å². The molecule has 1 atom stereocenters. The molecule has 1 aliphatic rings. The van der Waals surface area contributed by atoms with Crippen molar-refractivity contribution in [1.29, 1.82) is 0 Å². The van der Waals surface area contributed by atoms with Gasteiger partial charge in [-0.15, -0.1) is 11.3 Å². The van der Waals surface area contributed by atoms with Gasteiger partial charge in [-0.05, 0) is 31.9 Å². The average molecular weight is 401 g/mol. The standard InChI is InChI=1S/C17H18F3N3O3S/c1-9-14(22-26-15(9)17(18,19)20)12-5-6-13(27-12)16(25)23-7-3-4-11(8-23)21-10(2)24/h5-6,11H,3-4,7-8H2,1-2H3,(H,21,24)/t11-/m0/s1. The van der Waals surface area contributed by atoms with E-state index in [1.54, 1.807) is 17.0 Å². The predicted molar refractivity (Wildman–Crippen MR) is 92.3 cm³/mol. The lowest BCUT2D eigenvalue weighted by Gasteiger charge is -2.32. The van der Waals surface area contributed by atoms with Crippen LogP contribution in [0.4, 0.5) is 13.2 Å². The van der Waals surface area contributed by atoms with Crippen LogP contribution in [0.3, 0.4) is 0 Å². The lowest BCUT2D eigenvalue weighted by molar-refractivity contribution is -0.156. The molecule has 0 aliphatic carbocycles. The van der Waals surface area contributed by atoms with Gasteiger partial charge in [0.15, 0.2) is 0 Å². The number of halogens is 3. The van der Waals surface area contributed by atoms with E-state index < -0.39 is 11.9 Å². The minimum Gasteiger partial charge on any atom is -0.352 e. The van der Waals surface area contributed by atoms with Crippen LogP contribution in [0.1, 0.15) is 40.8 Å². The van der Waals surface area contributed by atoms with Gasteiger partial charge in [-0.2, -0.15) is 13.2 Å². The number of amides is 2. The lowest BCUT2D eigenvalue weighted by atomic mass is 10.1. The molecule has 2 aromatic heterocycles. The first-order valence-corrected chi connectivity index (χ1v) is 9.18. The normalized spacial score (nSPS) is 17.8. The second kappa shape index (κ2) is 7.34. The Bertz CT molecular complexity index is 859. The molecule has 146 valence electrons. The summed E-state index contributed by atoms with van der Waals surface area (Å²) in [7, 11) is 0. The Morgan fingerprint density at radius 3 is 2.74 bits per heavy atom. The largest absolute Gasteiger partial charge is 0.452 e. The molecule has 3 heterocycles. The van der Waals surface area contributed by atoms with Crippen molar-refractivity contribution in [3.8, 4) is 10.6 Å². The number of piperidine rings is 1. The van der Waals surface area contributed by atoms with Crippen molar-refractivity contribution in [2.45, 2.75) is 38.9 Å². The molecule has 0 spiro atoms. The van der Waals surface area contributed by atoms with E-state index in [0.29, 0.717) is 22.8 Å². The molecule has 3 rings (SSSR count). The molecule has 0 bridgehead atoms. The molecule has 1 aliphatic heterocycles. The van der Waals surface area contributed by atoms with Crippen LogP contribution in [-0.4, -0.2) is 41.0 Å². The fourth-order valence-electron chi connectivity index (χ4n) is 3.13. The fraction of sp³-hybridized carbons (Fsp3) is 0.471. The molecule has 0 saturated carbocycles. The van der Waals surface area contributed by atoms with E-state index in [2.05, 4.69) is 15.0 Å². The summed E-state index contributed by atoms with van der Waals surface area (Å²) in [6.07, 6.45) is -3.04. The first-order valence-electron chi connectivity index (χ1n) is 8.37. The number of carbonyl (C=O) groups excluding carboxylic acids is 2. The average Bonchev–Trinajstić information content (AvgIpc) is 3.19. The maximum atomic E-state index is 12.9. The molecule has 0 aromatic carbocycles. The summed E-state index contributed by atoms with van der Waals surface area (Å²) < 4.78 is 43.0. The zero-order valence-electron chi connectivity index (χ0n) is 14.7. The molecule has 0 radical (unpaired) electrons. The highest BCUT2D eigenvalue weighted by Crippen LogP contribution is 2.38. The molecular weight excluding hydrogens is 383 g/mol. The van der Waals surface area contributed by atoms with Crippen molar-refractivity contribution in [3.63, 3.8) is 0 Å². The quantitative estimate of drug-likeness (QED) is 0.855. The van der Waals surface area contributed by atoms with Crippen LogP contribution >= 0.6 is 11.3 Å². The smallest absolute Gasteiger partial charge is 0.352 e. The number of hydrogen-bond acceptors (Lipinski definition) is 5. The number of nitrogens with zero attached hydrogens (tertiary/aromatic N) is 2. The molecule has 0 unspecified atom stereocenters. The molecule has 1 fully saturated rings. The van der Waals surface area contributed by atoms with Crippen LogP contribution in [0, 0.1) is 6.92 Å². The van der Waals surface area contributed by atoms with Crippen molar-refractivity contribution in [1.82, 2.24) is 15.4 Å². The molecule has 1 saturated heterocycles. The number of likely N-dealkylation sites (tertiary alicyclic amines) is 1. The second-order valence-corrected chi connectivity index (χ2v) is 7.52. The van der Waals surface area contributed by atoms with Gasteiger partial charge in [-0.25, -0.2) is 0 Å². The highest BCUT2D eigenvalue weighted by atomic mass is 32.1. The van der Waals surface area contributed by atoms with Gasteiger partial charge in [0.2, 0.25) is 11.7 Å². The number of thiophene rings is 1. The Kier molecular flexibility index (Phi) is 5.27. The second-order valence-electron chi connectivity index (χ2n) is 6.44. The summed E-state index contributed by atoms with van der Waals surface area (Å²) in [5.41, 5.74) is -0.0202. The van der Waals surface area contributed by atoms with Gasteiger partial charge in [0.05, 0.1) is 9.75 Å². The summed E-state index contributed by atoms with van der Waals surface area (Å²) >= 11 is 1.07. The maximum Gasteiger partial charge on any atom is 0.452 e. The van der Waals surface area contributed by atoms with E-state index in [9.17, 15) is 22.8 Å². The summed E-state index contributed by atoms with van der Waals surface area (Å²) in [6, 6.07) is 3.05. The molecule has 2 aromatic rings. The SMILES string of the molecule is CC(=O)N[C@H]1CCCN(C(=O)c2ccc(-c3noc(C(F)(F)F)c3C)s2)C1. The number of alkyl halides is 3. The summed E-state index contributed by atoms with van der Waals surface area (Å²) in [4.78, 5) is 26.4. The highest BCUT2D eigenvalue weighted by molar-refractivity contribution is 7.17. The van der Waals surface area contributed by atoms with Crippen molar-refractivity contribution >= 4 is 23.2 Å². The molecule has 2 amide bonds. The van der Waals surface area contributed by atoms with Crippen molar-refractivity contribution in [3.05, 3.63) is 28.3 Å². The highest BCUT2D eigenvalue weighted by Gasteiger charge is 2.39. The van der Waals surface area contributed by atoms with Crippen LogP contribution in [-0.2, 0) is 11.0 Å². The minimum absolute atomic E-state index is 0.0844. The van der Waals surface area contributed by atoms with Gasteiger partial charge >= 0.3 is 6.18 Å². The molecular formula is C17H18F3N3O3S. The Hall–Kier alpha value is -2.36. The van der Waals surface area contributed by atoms with E-state index in [4.69, 9.17) is 0 Å². The number of aromatic nitrogens is 1. The minimum atomic E-state index is -4.61. The molecule has 1 N–H and O–H groups in total. The molecule has 10 heteroatoms. The van der Waals surface area contributed by atoms with Crippen LogP contribution < -0.4 is 5.32 Å². The molecule has 6 nitrogen and oxygen atoms in total. The maximum absolute atomic E-state index is 12.9. The van der Waals surface area contributed by atoms with Gasteiger partial charge in [0.25, 0.3) is 5.91 Å². The number of nitrogens with one attached hydrogen (secondary N) is 1. The van der Waals surface area contributed by atoms with Crippen LogP contribution in [0.15, 0.2) is 16.7 Å². The van der Waals surface area contributed by atoms with Crippen molar-refractivity contribution < 1.29 is 27.3 Å². The topological polar surface area (TPSA) is 75.4 Å². The van der Waals surface area contributed by atoms with Gasteiger partial charge in [0, 0.05) is 31.6 Å². The van der Waals surface area contributed by atoms with Gasteiger partial charge in [-0.3, -0.25) is 9.59 Å². The number of rotatable bonds is 3. The van der Waals surface area contributed by atoms with Crippen molar-refractivity contribution in [2.24, 2.45) is 0 Å². The Balaban J connectivity index is 1.77. The van der Waals surface area contributed by atoms with Crippen LogP contribution in [0.2, 0.25) is 0 Å². The molecule has 27 heavy (non-hydrogen) atoms. The van der Waals surface area contributed by atoms with Crippen LogP contribution in [0.5, 0.6) is 0 Å². The fourth-order valence-corrected chi connectivity index (χ4v) is 4.15. The van der Waals surface area contributed by atoms with E-state index in [0.717, 1.165) is 24.2 Å². The van der Waals surface area contributed by atoms with E-state index in [-0.39, 0.29) is 29.1 Å². The van der Waals surface area contributed by atoms with E-state index in [1.165, 1.54) is 13.8 Å². The third-order valence-electron chi connectivity index (χ3n) is 4.35. The predicted octanol–water partition coefficient (Wildman–Crippen LogP) is 3.47.